The van der Waals surface area contributed by atoms with Crippen LogP contribution in [0.4, 0.5) is 5.69 Å². The molecule has 0 spiro atoms. The lowest BCUT2D eigenvalue weighted by molar-refractivity contribution is 0.340. The predicted molar refractivity (Wildman–Crippen MR) is 143 cm³/mol. The summed E-state index contributed by atoms with van der Waals surface area (Å²) in [7, 11) is 1.68. The lowest BCUT2D eigenvalue weighted by atomic mass is 10.0. The lowest BCUT2D eigenvalue weighted by Crippen LogP contribution is -2.30. The summed E-state index contributed by atoms with van der Waals surface area (Å²) in [5.74, 6) is 1.66. The van der Waals surface area contributed by atoms with Crippen molar-refractivity contribution in [3.05, 3.63) is 102 Å². The molecular formula is C28H28N4O2S. The molecule has 2 aromatic heterocycles. The molecule has 1 N–H and O–H groups in total. The molecule has 6 nitrogen and oxygen atoms in total. The molecule has 2 aromatic carbocycles. The molecule has 0 amide bonds. The molecule has 1 saturated heterocycles. The Morgan fingerprint density at radius 3 is 2.29 bits per heavy atom. The molecule has 4 aromatic rings. The average molecular weight is 485 g/mol. The quantitative estimate of drug-likeness (QED) is 0.336. The van der Waals surface area contributed by atoms with Crippen molar-refractivity contribution in [2.45, 2.75) is 25.9 Å². The number of nitrogens with one attached hydrogen (secondary N) is 1. The van der Waals surface area contributed by atoms with Crippen LogP contribution in [0.3, 0.4) is 0 Å². The summed E-state index contributed by atoms with van der Waals surface area (Å²) in [4.78, 5) is 6.85. The van der Waals surface area contributed by atoms with Gasteiger partial charge in [0.1, 0.15) is 17.5 Å². The van der Waals surface area contributed by atoms with Gasteiger partial charge in [-0.1, -0.05) is 6.07 Å². The minimum atomic E-state index is -0.124. The van der Waals surface area contributed by atoms with Crippen LogP contribution in [0, 0.1) is 6.92 Å². The molecule has 0 saturated carbocycles. The molecule has 35 heavy (non-hydrogen) atoms. The number of methoxy groups -OCH3 is 1. The van der Waals surface area contributed by atoms with Crippen molar-refractivity contribution in [3.63, 3.8) is 0 Å². The van der Waals surface area contributed by atoms with Gasteiger partial charge in [0.15, 0.2) is 5.11 Å². The molecule has 1 aliphatic heterocycles. The number of aryl methyl sites for hydroxylation is 1. The van der Waals surface area contributed by atoms with Gasteiger partial charge in [-0.25, -0.2) is 0 Å². The molecule has 1 aliphatic rings. The van der Waals surface area contributed by atoms with Crippen LogP contribution in [-0.2, 0) is 0 Å². The van der Waals surface area contributed by atoms with E-state index in [1.165, 1.54) is 0 Å². The van der Waals surface area contributed by atoms with E-state index in [-0.39, 0.29) is 12.1 Å². The van der Waals surface area contributed by atoms with Crippen molar-refractivity contribution in [3.8, 4) is 17.2 Å². The first-order valence-electron chi connectivity index (χ1n) is 11.7. The Labute approximate surface area is 211 Å². The molecule has 1 fully saturated rings. The van der Waals surface area contributed by atoms with Crippen molar-refractivity contribution >= 4 is 23.0 Å². The van der Waals surface area contributed by atoms with Gasteiger partial charge in [0.05, 0.1) is 25.5 Å². The van der Waals surface area contributed by atoms with Crippen LogP contribution in [0.15, 0.2) is 85.1 Å². The standard InChI is InChI=1S/C28H28N4O2S/c1-4-34-23-15-11-21(12-16-23)32-27(26(30-28(32)35)24-7-5-6-18-29-24)25-17-8-19(2)31(25)20-9-13-22(33-3)14-10-20/h5-18,26-27H,4H2,1-3H3,(H,30,35)/t26-,27-/m1/s1. The Bertz CT molecular complexity index is 1300. The van der Waals surface area contributed by atoms with Gasteiger partial charge in [-0.05, 0) is 98.9 Å². The fourth-order valence-electron chi connectivity index (χ4n) is 4.68. The summed E-state index contributed by atoms with van der Waals surface area (Å²) >= 11 is 5.89. The van der Waals surface area contributed by atoms with Gasteiger partial charge in [-0.3, -0.25) is 4.98 Å². The summed E-state index contributed by atoms with van der Waals surface area (Å²) in [6.07, 6.45) is 1.82. The normalized spacial score (nSPS) is 17.3. The van der Waals surface area contributed by atoms with E-state index < -0.39 is 0 Å². The first-order chi connectivity index (χ1) is 17.1. The first-order valence-corrected chi connectivity index (χ1v) is 12.1. The maximum atomic E-state index is 5.89. The molecular weight excluding hydrogens is 456 g/mol. The summed E-state index contributed by atoms with van der Waals surface area (Å²) < 4.78 is 13.3. The molecule has 0 bridgehead atoms. The lowest BCUT2D eigenvalue weighted by Gasteiger charge is -2.29. The second-order valence-corrected chi connectivity index (χ2v) is 8.74. The maximum absolute atomic E-state index is 5.89. The fraction of sp³-hybridized carbons (Fsp3) is 0.214. The highest BCUT2D eigenvalue weighted by Crippen LogP contribution is 2.43. The zero-order valence-corrected chi connectivity index (χ0v) is 20.8. The van der Waals surface area contributed by atoms with E-state index in [1.54, 1.807) is 7.11 Å². The summed E-state index contributed by atoms with van der Waals surface area (Å²) in [5, 5.41) is 4.21. The van der Waals surface area contributed by atoms with Gasteiger partial charge >= 0.3 is 0 Å². The van der Waals surface area contributed by atoms with Gasteiger partial charge in [0.2, 0.25) is 0 Å². The third kappa shape index (κ3) is 4.35. The van der Waals surface area contributed by atoms with E-state index in [0.29, 0.717) is 11.7 Å². The fourth-order valence-corrected chi connectivity index (χ4v) is 5.02. The summed E-state index contributed by atoms with van der Waals surface area (Å²) in [6.45, 7) is 4.73. The number of aromatic nitrogens is 2. The highest BCUT2D eigenvalue weighted by Gasteiger charge is 2.42. The largest absolute Gasteiger partial charge is 0.497 e. The van der Waals surface area contributed by atoms with E-state index in [4.69, 9.17) is 21.7 Å². The van der Waals surface area contributed by atoms with E-state index in [2.05, 4.69) is 63.1 Å². The van der Waals surface area contributed by atoms with Crippen LogP contribution < -0.4 is 19.7 Å². The number of ether oxygens (including phenoxy) is 2. The van der Waals surface area contributed by atoms with Crippen molar-refractivity contribution < 1.29 is 9.47 Å². The number of benzene rings is 2. The van der Waals surface area contributed by atoms with Crippen LogP contribution >= 0.6 is 12.2 Å². The minimum absolute atomic E-state index is 0.119. The number of hydrogen-bond donors (Lipinski definition) is 1. The first kappa shape index (κ1) is 22.9. The molecule has 5 rings (SSSR count). The molecule has 0 aliphatic carbocycles. The maximum Gasteiger partial charge on any atom is 0.174 e. The molecule has 7 heteroatoms. The Morgan fingerprint density at radius 1 is 0.914 bits per heavy atom. The van der Waals surface area contributed by atoms with Crippen LogP contribution in [0.5, 0.6) is 11.5 Å². The monoisotopic (exact) mass is 484 g/mol. The van der Waals surface area contributed by atoms with Crippen LogP contribution in [-0.4, -0.2) is 28.4 Å². The van der Waals surface area contributed by atoms with E-state index in [1.807, 2.05) is 55.6 Å². The van der Waals surface area contributed by atoms with E-state index >= 15 is 0 Å². The van der Waals surface area contributed by atoms with Crippen molar-refractivity contribution in [1.82, 2.24) is 14.9 Å². The topological polar surface area (TPSA) is 51.5 Å². The smallest absolute Gasteiger partial charge is 0.174 e. The number of anilines is 1. The van der Waals surface area contributed by atoms with Crippen LogP contribution in [0.25, 0.3) is 5.69 Å². The Morgan fingerprint density at radius 2 is 1.63 bits per heavy atom. The second-order valence-electron chi connectivity index (χ2n) is 8.36. The van der Waals surface area contributed by atoms with Crippen molar-refractivity contribution in [1.29, 1.82) is 0 Å². The second kappa shape index (κ2) is 9.80. The number of rotatable bonds is 7. The van der Waals surface area contributed by atoms with E-state index in [0.717, 1.165) is 40.0 Å². The number of nitrogens with zero attached hydrogens (tertiary/aromatic N) is 3. The number of pyridine rings is 1. The number of thiocarbonyl (C=S) groups is 1. The Kier molecular flexibility index (Phi) is 6.42. The molecule has 0 radical (unpaired) electrons. The highest BCUT2D eigenvalue weighted by atomic mass is 32.1. The minimum Gasteiger partial charge on any atom is -0.497 e. The number of hydrogen-bond acceptors (Lipinski definition) is 4. The van der Waals surface area contributed by atoms with Gasteiger partial charge < -0.3 is 24.3 Å². The zero-order valence-electron chi connectivity index (χ0n) is 20.0. The zero-order chi connectivity index (χ0) is 24.4. The summed E-state index contributed by atoms with van der Waals surface area (Å²) in [5.41, 5.74) is 5.24. The highest BCUT2D eigenvalue weighted by molar-refractivity contribution is 7.80. The van der Waals surface area contributed by atoms with Crippen molar-refractivity contribution in [2.24, 2.45) is 0 Å². The third-order valence-electron chi connectivity index (χ3n) is 6.26. The van der Waals surface area contributed by atoms with Crippen LogP contribution in [0.2, 0.25) is 0 Å². The Hall–Kier alpha value is -3.84. The van der Waals surface area contributed by atoms with Crippen molar-refractivity contribution in [2.75, 3.05) is 18.6 Å². The van der Waals surface area contributed by atoms with E-state index in [9.17, 15) is 0 Å². The molecule has 3 heterocycles. The molecule has 0 unspecified atom stereocenters. The van der Waals surface area contributed by atoms with Gasteiger partial charge in [0, 0.05) is 29.0 Å². The van der Waals surface area contributed by atoms with Gasteiger partial charge in [0.25, 0.3) is 0 Å². The SMILES string of the molecule is CCOc1ccc(N2C(=S)N[C@H](c3ccccn3)[C@H]2c2ccc(C)n2-c2ccc(OC)cc2)cc1. The van der Waals surface area contributed by atoms with Gasteiger partial charge in [-0.15, -0.1) is 0 Å². The predicted octanol–water partition coefficient (Wildman–Crippen LogP) is 5.77. The molecule has 178 valence electrons. The Balaban J connectivity index is 1.64. The summed E-state index contributed by atoms with van der Waals surface area (Å²) in [6, 6.07) is 26.3. The molecule has 2 atom stereocenters. The van der Waals surface area contributed by atoms with Crippen LogP contribution in [0.1, 0.15) is 36.1 Å². The third-order valence-corrected chi connectivity index (χ3v) is 6.58. The average Bonchev–Trinajstić information content (AvgIpc) is 3.44. The van der Waals surface area contributed by atoms with Gasteiger partial charge in [-0.2, -0.15) is 0 Å².